The van der Waals surface area contributed by atoms with Crippen LogP contribution in [0.25, 0.3) is 11.5 Å². The molecule has 0 spiro atoms. The Labute approximate surface area is 162 Å². The summed E-state index contributed by atoms with van der Waals surface area (Å²) in [4.78, 5) is 16.5. The number of carbonyl (C=O) groups is 1. The van der Waals surface area contributed by atoms with Crippen molar-refractivity contribution in [3.63, 3.8) is 0 Å². The number of carbonyl (C=O) groups excluding carboxylic acids is 1. The largest absolute Gasteiger partial charge is 2.00 e. The predicted molar refractivity (Wildman–Crippen MR) is 85.9 cm³/mol. The first kappa shape index (κ1) is 18.1. The second-order valence-electron chi connectivity index (χ2n) is 4.99. The Hall–Kier alpha value is -1.23. The first-order valence-electron chi connectivity index (χ1n) is 6.72. The topological polar surface area (TPSA) is 64.2 Å². The second kappa shape index (κ2) is 7.56. The molecule has 23 heavy (non-hydrogen) atoms. The van der Waals surface area contributed by atoms with E-state index in [4.69, 9.17) is 0 Å². The van der Waals surface area contributed by atoms with Crippen LogP contribution in [0.3, 0.4) is 0 Å². The fourth-order valence-corrected chi connectivity index (χ4v) is 2.77. The molecule has 6 nitrogen and oxygen atoms in total. The van der Waals surface area contributed by atoms with E-state index in [2.05, 4.69) is 35.3 Å². The van der Waals surface area contributed by atoms with Crippen molar-refractivity contribution in [2.45, 2.75) is 25.7 Å². The number of rotatable bonds is 4. The summed E-state index contributed by atoms with van der Waals surface area (Å²) < 4.78 is 3.63. The predicted octanol–water partition coefficient (Wildman–Crippen LogP) is 2.94. The van der Waals surface area contributed by atoms with Crippen molar-refractivity contribution < 1.29 is 35.9 Å². The molecule has 3 aromatic rings. The zero-order chi connectivity index (χ0) is 15.7. The third-order valence-corrected chi connectivity index (χ3v) is 3.70. The number of thioether (sulfide) groups is 1. The number of imidazole rings is 1. The zero-order valence-corrected chi connectivity index (χ0v) is 18.0. The summed E-state index contributed by atoms with van der Waals surface area (Å²) in [6.07, 6.45) is 7.08. The van der Waals surface area contributed by atoms with Crippen LogP contribution in [-0.4, -0.2) is 25.1 Å². The minimum Gasteiger partial charge on any atom is -0.392 e. The molecule has 1 amide bonds. The Bertz CT molecular complexity index is 826. The van der Waals surface area contributed by atoms with Crippen LogP contribution in [0.2, 0.25) is 0 Å². The molecule has 116 valence electrons. The monoisotopic (exact) mass is 551 g/mol. The standard InChI is InChI=1S/C15H15N5OS.U/c1-10(2)22-13-4-5-14-16-7-15(19(14)9-13)20-8-12(6-17-20)18-11(3)21;/h5-9H,1-3H3,(H,18,21);/q-2;+2. The fraction of sp³-hybridized carbons (Fsp3) is 0.200. The van der Waals surface area contributed by atoms with E-state index < -0.39 is 0 Å². The maximum Gasteiger partial charge on any atom is 2.00 e. The van der Waals surface area contributed by atoms with Gasteiger partial charge in [-0.1, -0.05) is 6.20 Å². The number of fused-ring (bicyclic) bond motifs is 1. The Morgan fingerprint density at radius 3 is 2.83 bits per heavy atom. The SMILES string of the molecule is CC(=O)Nc1cnn(-c2cnc3c[c-]c(S[C-](C)C)cn23)c1.[U+2]. The molecule has 0 bridgehead atoms. The average Bonchev–Trinajstić information content (AvgIpc) is 3.03. The van der Waals surface area contributed by atoms with E-state index in [-0.39, 0.29) is 37.0 Å². The van der Waals surface area contributed by atoms with Gasteiger partial charge in [-0.25, -0.2) is 4.68 Å². The van der Waals surface area contributed by atoms with Crippen molar-refractivity contribution in [3.05, 3.63) is 42.2 Å². The van der Waals surface area contributed by atoms with Crippen LogP contribution in [0.4, 0.5) is 5.69 Å². The molecule has 3 rings (SSSR count). The van der Waals surface area contributed by atoms with Gasteiger partial charge in [0.25, 0.3) is 0 Å². The normalized spacial score (nSPS) is 10.8. The number of hydrogen-bond donors (Lipinski definition) is 1. The third kappa shape index (κ3) is 4.19. The minimum absolute atomic E-state index is 0. The van der Waals surface area contributed by atoms with Gasteiger partial charge in [-0.05, 0) is 0 Å². The molecular weight excluding hydrogens is 536 g/mol. The van der Waals surface area contributed by atoms with Crippen molar-refractivity contribution in [3.8, 4) is 5.82 Å². The molecule has 0 aliphatic carbocycles. The van der Waals surface area contributed by atoms with E-state index in [1.807, 2.05) is 16.7 Å². The van der Waals surface area contributed by atoms with Gasteiger partial charge in [0.15, 0.2) is 0 Å². The second-order valence-corrected chi connectivity index (χ2v) is 6.45. The van der Waals surface area contributed by atoms with Gasteiger partial charge < -0.3 is 21.5 Å². The van der Waals surface area contributed by atoms with Crippen molar-refractivity contribution in [2.75, 3.05) is 5.32 Å². The number of anilines is 1. The number of aromatic nitrogens is 4. The number of amides is 1. The molecule has 0 aliphatic rings. The van der Waals surface area contributed by atoms with E-state index >= 15 is 0 Å². The summed E-state index contributed by atoms with van der Waals surface area (Å²) in [5.41, 5.74) is 1.45. The van der Waals surface area contributed by atoms with E-state index in [1.165, 1.54) is 12.2 Å². The van der Waals surface area contributed by atoms with Crippen LogP contribution in [0.1, 0.15) is 20.8 Å². The Balaban J connectivity index is 0.00000192. The summed E-state index contributed by atoms with van der Waals surface area (Å²) in [6.45, 7) is 5.59. The molecule has 3 heterocycles. The molecule has 0 unspecified atom stereocenters. The Morgan fingerprint density at radius 2 is 2.13 bits per heavy atom. The molecule has 0 aliphatic heterocycles. The van der Waals surface area contributed by atoms with Crippen molar-refractivity contribution >= 4 is 29.0 Å². The first-order chi connectivity index (χ1) is 10.5. The van der Waals surface area contributed by atoms with E-state index in [1.54, 1.807) is 35.0 Å². The van der Waals surface area contributed by atoms with Gasteiger partial charge in [0, 0.05) is 12.6 Å². The van der Waals surface area contributed by atoms with Crippen LogP contribution in [0.5, 0.6) is 0 Å². The van der Waals surface area contributed by atoms with E-state index in [9.17, 15) is 4.79 Å². The van der Waals surface area contributed by atoms with Gasteiger partial charge in [-0.15, -0.1) is 11.0 Å². The smallest absolute Gasteiger partial charge is 0.392 e. The van der Waals surface area contributed by atoms with Crippen LogP contribution in [0, 0.1) is 42.4 Å². The van der Waals surface area contributed by atoms with Gasteiger partial charge in [-0.3, -0.25) is 15.0 Å². The summed E-state index contributed by atoms with van der Waals surface area (Å²) in [5.74, 6) is 0.677. The molecule has 0 radical (unpaired) electrons. The van der Waals surface area contributed by atoms with Crippen LogP contribution in [-0.2, 0) is 4.79 Å². The number of hydrogen-bond acceptors (Lipinski definition) is 4. The summed E-state index contributed by atoms with van der Waals surface area (Å²) in [6, 6.07) is 5.07. The van der Waals surface area contributed by atoms with Gasteiger partial charge >= 0.3 is 31.1 Å². The van der Waals surface area contributed by atoms with E-state index in [0.717, 1.165) is 16.4 Å². The van der Waals surface area contributed by atoms with Gasteiger partial charge in [0.1, 0.15) is 5.82 Å². The molecule has 1 N–H and O–H groups in total. The molecule has 0 atom stereocenters. The first-order valence-corrected chi connectivity index (χ1v) is 7.54. The average molecular weight is 551 g/mol. The summed E-state index contributed by atoms with van der Waals surface area (Å²) in [5, 5.41) is 8.22. The zero-order valence-electron chi connectivity index (χ0n) is 13.0. The molecule has 0 saturated carbocycles. The molecule has 0 saturated heterocycles. The van der Waals surface area contributed by atoms with Gasteiger partial charge in [0.2, 0.25) is 5.91 Å². The molecule has 0 fully saturated rings. The number of nitrogens with one attached hydrogen (secondary N) is 1. The van der Waals surface area contributed by atoms with Crippen LogP contribution >= 0.6 is 11.8 Å². The van der Waals surface area contributed by atoms with E-state index in [0.29, 0.717) is 5.69 Å². The number of pyridine rings is 1. The molecule has 0 aromatic carbocycles. The van der Waals surface area contributed by atoms with Gasteiger partial charge in [0.05, 0.1) is 24.3 Å². The fourth-order valence-electron chi connectivity index (χ4n) is 2.06. The van der Waals surface area contributed by atoms with Crippen LogP contribution in [0.15, 0.2) is 35.7 Å². The summed E-state index contributed by atoms with van der Waals surface area (Å²) in [7, 11) is 0. The Morgan fingerprint density at radius 1 is 1.35 bits per heavy atom. The maximum atomic E-state index is 11.1. The summed E-state index contributed by atoms with van der Waals surface area (Å²) >= 11 is 1.66. The van der Waals surface area contributed by atoms with Crippen molar-refractivity contribution in [2.24, 2.45) is 0 Å². The van der Waals surface area contributed by atoms with Crippen LogP contribution < -0.4 is 5.32 Å². The molecule has 8 heteroatoms. The number of nitrogens with zero attached hydrogens (tertiary/aromatic N) is 4. The maximum absolute atomic E-state index is 11.1. The van der Waals surface area contributed by atoms with Crippen molar-refractivity contribution in [1.29, 1.82) is 0 Å². The van der Waals surface area contributed by atoms with Gasteiger partial charge in [-0.2, -0.15) is 25.0 Å². The third-order valence-electron chi connectivity index (χ3n) is 2.85. The molecule has 3 aromatic heterocycles. The Kier molecular flexibility index (Phi) is 5.96. The molecular formula is C15H15N5OSU. The van der Waals surface area contributed by atoms with Crippen molar-refractivity contribution in [1.82, 2.24) is 19.2 Å². The minimum atomic E-state index is -0.125. The quantitative estimate of drug-likeness (QED) is 0.400.